The monoisotopic (exact) mass is 478 g/mol. The highest BCUT2D eigenvalue weighted by atomic mass is 16.8. The van der Waals surface area contributed by atoms with Crippen LogP contribution in [0.2, 0.25) is 0 Å². The number of benzene rings is 1. The SMILES string of the molecule is COc1oc([C@@H]2C[C@@]3(CO2)[C@H](c2ccc(N([O-])O)cc2)[C@]2(C)C=C(C)C=C(C)[C@@H]23)c(C)c(=O)c1C. The summed E-state index contributed by atoms with van der Waals surface area (Å²) in [6.07, 6.45) is 4.94. The number of allylic oxidation sites excluding steroid dienone is 4. The van der Waals surface area contributed by atoms with Gasteiger partial charge in [-0.15, -0.1) is 0 Å². The van der Waals surface area contributed by atoms with Crippen LogP contribution in [-0.4, -0.2) is 18.9 Å². The van der Waals surface area contributed by atoms with Crippen molar-refractivity contribution in [2.45, 2.75) is 53.1 Å². The van der Waals surface area contributed by atoms with E-state index in [1.807, 2.05) is 12.1 Å². The van der Waals surface area contributed by atoms with Crippen molar-refractivity contribution in [3.63, 3.8) is 0 Å². The Balaban J connectivity index is 1.59. The molecule has 0 unspecified atom stereocenters. The summed E-state index contributed by atoms with van der Waals surface area (Å²) in [6.45, 7) is 10.6. The Labute approximate surface area is 205 Å². The molecule has 1 spiro atoms. The maximum absolute atomic E-state index is 12.8. The average Bonchev–Trinajstić information content (AvgIpc) is 3.23. The second kappa shape index (κ2) is 8.08. The van der Waals surface area contributed by atoms with Crippen LogP contribution in [0.3, 0.4) is 0 Å². The number of rotatable bonds is 4. The van der Waals surface area contributed by atoms with E-state index >= 15 is 0 Å². The Morgan fingerprint density at radius 2 is 1.80 bits per heavy atom. The first kappa shape index (κ1) is 23.9. The number of fused-ring (bicyclic) bond motifs is 2. The van der Waals surface area contributed by atoms with Gasteiger partial charge in [0, 0.05) is 22.3 Å². The Morgan fingerprint density at radius 1 is 1.11 bits per heavy atom. The zero-order valence-corrected chi connectivity index (χ0v) is 21.0. The third kappa shape index (κ3) is 3.33. The van der Waals surface area contributed by atoms with Gasteiger partial charge < -0.3 is 24.3 Å². The molecule has 2 fully saturated rings. The van der Waals surface area contributed by atoms with Gasteiger partial charge in [-0.3, -0.25) is 10.0 Å². The highest BCUT2D eigenvalue weighted by molar-refractivity contribution is 5.51. The maximum Gasteiger partial charge on any atom is 0.291 e. The maximum atomic E-state index is 12.8. The molecule has 7 nitrogen and oxygen atoms in total. The third-order valence-corrected chi connectivity index (χ3v) is 8.45. The number of hydrogen-bond donors (Lipinski definition) is 1. The first-order valence-electron chi connectivity index (χ1n) is 12.0. The van der Waals surface area contributed by atoms with Crippen molar-refractivity contribution < 1.29 is 19.1 Å². The highest BCUT2D eigenvalue weighted by Crippen LogP contribution is 2.76. The van der Waals surface area contributed by atoms with E-state index in [0.717, 1.165) is 5.56 Å². The lowest BCUT2D eigenvalue weighted by Crippen LogP contribution is -2.62. The molecule has 1 aliphatic heterocycles. The molecule has 5 rings (SSSR count). The van der Waals surface area contributed by atoms with Gasteiger partial charge in [-0.25, -0.2) is 0 Å². The number of hydrogen-bond acceptors (Lipinski definition) is 7. The van der Waals surface area contributed by atoms with Crippen molar-refractivity contribution in [3.8, 4) is 5.95 Å². The largest absolute Gasteiger partial charge is 0.733 e. The van der Waals surface area contributed by atoms with Gasteiger partial charge in [0.15, 0.2) is 5.43 Å². The summed E-state index contributed by atoms with van der Waals surface area (Å²) >= 11 is 0. The van der Waals surface area contributed by atoms with Crippen LogP contribution in [0.15, 0.2) is 56.8 Å². The predicted molar refractivity (Wildman–Crippen MR) is 133 cm³/mol. The fourth-order valence-electron chi connectivity index (χ4n) is 7.58. The summed E-state index contributed by atoms with van der Waals surface area (Å²) in [6, 6.07) is 7.15. The average molecular weight is 479 g/mol. The Kier molecular flexibility index (Phi) is 5.51. The number of nitrogens with zero attached hydrogens (tertiary/aromatic N) is 1. The molecule has 5 atom stereocenters. The van der Waals surface area contributed by atoms with Gasteiger partial charge in [-0.05, 0) is 57.7 Å². The second-order valence-electron chi connectivity index (χ2n) is 10.6. The fourth-order valence-corrected chi connectivity index (χ4v) is 7.58. The third-order valence-electron chi connectivity index (χ3n) is 8.45. The van der Waals surface area contributed by atoms with Gasteiger partial charge in [0.05, 0.1) is 25.0 Å². The lowest BCUT2D eigenvalue weighted by atomic mass is 9.35. The molecule has 0 radical (unpaired) electrons. The van der Waals surface area contributed by atoms with E-state index in [1.54, 1.807) is 26.0 Å². The van der Waals surface area contributed by atoms with Crippen LogP contribution in [-0.2, 0) is 4.74 Å². The van der Waals surface area contributed by atoms with E-state index in [-0.39, 0.29) is 51.1 Å². The number of anilines is 1. The normalized spacial score (nSPS) is 31.5. The molecule has 35 heavy (non-hydrogen) atoms. The van der Waals surface area contributed by atoms with Gasteiger partial charge in [-0.2, -0.15) is 0 Å². The van der Waals surface area contributed by atoms with Gasteiger partial charge in [0.2, 0.25) is 0 Å². The molecule has 2 aromatic rings. The molecule has 1 aromatic heterocycles. The van der Waals surface area contributed by atoms with Crippen molar-refractivity contribution in [2.24, 2.45) is 16.7 Å². The molecule has 186 valence electrons. The standard InChI is InChI=1S/C28H32NO6/c1-15-11-16(2)24-27(5,12-15)25(19-7-9-20(10-8-19)29(31)32)28(24)13-21(34-14-28)23-17(3)22(30)18(4)26(33-6)35-23/h7-12,21,24-25,31H,13-14H2,1-6H3/q-1/t21-,24-,25+,27+,28-/m0/s1. The number of ether oxygens (including phenoxy) is 2. The van der Waals surface area contributed by atoms with Crippen molar-refractivity contribution in [3.05, 3.63) is 85.4 Å². The smallest absolute Gasteiger partial charge is 0.291 e. The van der Waals surface area contributed by atoms with Crippen LogP contribution < -0.4 is 15.4 Å². The van der Waals surface area contributed by atoms with Crippen molar-refractivity contribution in [1.82, 2.24) is 0 Å². The van der Waals surface area contributed by atoms with Crippen LogP contribution in [0.1, 0.15) is 61.7 Å². The van der Waals surface area contributed by atoms with Crippen molar-refractivity contribution in [2.75, 3.05) is 18.9 Å². The zero-order valence-electron chi connectivity index (χ0n) is 21.0. The molecule has 1 saturated heterocycles. The molecule has 1 aromatic carbocycles. The molecular formula is C28H32NO6-. The number of methoxy groups -OCH3 is 1. The topological polar surface area (TPSA) is 95.2 Å². The summed E-state index contributed by atoms with van der Waals surface area (Å²) in [7, 11) is 1.50. The molecule has 1 saturated carbocycles. The van der Waals surface area contributed by atoms with Gasteiger partial charge >= 0.3 is 0 Å². The van der Waals surface area contributed by atoms with Crippen LogP contribution in [0.5, 0.6) is 5.95 Å². The van der Waals surface area contributed by atoms with Crippen LogP contribution >= 0.6 is 0 Å². The molecule has 7 heteroatoms. The molecular weight excluding hydrogens is 446 g/mol. The van der Waals surface area contributed by atoms with E-state index in [2.05, 4.69) is 32.9 Å². The summed E-state index contributed by atoms with van der Waals surface area (Å²) < 4.78 is 17.8. The van der Waals surface area contributed by atoms with Crippen molar-refractivity contribution in [1.29, 1.82) is 0 Å². The molecule has 1 N–H and O–H groups in total. The van der Waals surface area contributed by atoms with Gasteiger partial charge in [0.25, 0.3) is 5.95 Å². The molecule has 2 aliphatic carbocycles. The van der Waals surface area contributed by atoms with E-state index in [9.17, 15) is 15.2 Å². The molecule has 3 aliphatic rings. The van der Waals surface area contributed by atoms with Crippen LogP contribution in [0.25, 0.3) is 0 Å². The Morgan fingerprint density at radius 3 is 2.43 bits per heavy atom. The highest BCUT2D eigenvalue weighted by Gasteiger charge is 2.71. The van der Waals surface area contributed by atoms with E-state index in [4.69, 9.17) is 13.9 Å². The lowest BCUT2D eigenvalue weighted by Gasteiger charge is -2.67. The Bertz CT molecular complexity index is 1290. The Hall–Kier alpha value is -2.87. The second-order valence-corrected chi connectivity index (χ2v) is 10.6. The minimum Gasteiger partial charge on any atom is -0.733 e. The minimum atomic E-state index is -0.363. The first-order valence-corrected chi connectivity index (χ1v) is 12.0. The van der Waals surface area contributed by atoms with Gasteiger partial charge in [-0.1, -0.05) is 42.4 Å². The molecule has 0 bridgehead atoms. The summed E-state index contributed by atoms with van der Waals surface area (Å²) in [5.74, 6) is 1.14. The predicted octanol–water partition coefficient (Wildman–Crippen LogP) is 5.73. The summed E-state index contributed by atoms with van der Waals surface area (Å²) in [5.41, 5.74) is 4.44. The van der Waals surface area contributed by atoms with Crippen LogP contribution in [0.4, 0.5) is 5.69 Å². The summed E-state index contributed by atoms with van der Waals surface area (Å²) in [4.78, 5) is 12.8. The van der Waals surface area contributed by atoms with Crippen molar-refractivity contribution >= 4 is 5.69 Å². The molecule has 2 heterocycles. The molecule has 0 amide bonds. The summed E-state index contributed by atoms with van der Waals surface area (Å²) in [5, 5.41) is 20.5. The van der Waals surface area contributed by atoms with E-state index in [1.165, 1.54) is 18.3 Å². The minimum absolute atomic E-state index is 0.0864. The van der Waals surface area contributed by atoms with E-state index in [0.29, 0.717) is 29.9 Å². The van der Waals surface area contributed by atoms with E-state index < -0.39 is 0 Å². The zero-order chi connectivity index (χ0) is 25.3. The fraction of sp³-hybridized carbons (Fsp3) is 0.464. The lowest BCUT2D eigenvalue weighted by molar-refractivity contribution is -0.101. The quantitative estimate of drug-likeness (QED) is 0.561. The van der Waals surface area contributed by atoms with Crippen LogP contribution in [0, 0.1) is 35.8 Å². The first-order chi connectivity index (χ1) is 16.5. The van der Waals surface area contributed by atoms with Gasteiger partial charge in [0.1, 0.15) is 11.9 Å².